The van der Waals surface area contributed by atoms with Crippen molar-refractivity contribution in [2.24, 2.45) is 0 Å². The Balaban J connectivity index is 2.75. The van der Waals surface area contributed by atoms with Crippen molar-refractivity contribution in [1.82, 2.24) is 4.90 Å². The number of amides is 2. The van der Waals surface area contributed by atoms with Crippen molar-refractivity contribution in [2.75, 3.05) is 26.0 Å². The zero-order valence-electron chi connectivity index (χ0n) is 11.9. The van der Waals surface area contributed by atoms with Gasteiger partial charge in [-0.25, -0.2) is 4.79 Å². The van der Waals surface area contributed by atoms with E-state index in [9.17, 15) is 18.0 Å². The minimum Gasteiger partial charge on any atom is -0.495 e. The molecule has 0 aliphatic carbocycles. The molecule has 0 aliphatic heterocycles. The predicted octanol–water partition coefficient (Wildman–Crippen LogP) is 2.39. The molecule has 1 aromatic rings. The van der Waals surface area contributed by atoms with Gasteiger partial charge in [-0.05, 0) is 24.6 Å². The molecule has 2 N–H and O–H groups in total. The number of anilines is 1. The average Bonchev–Trinajstić information content (AvgIpc) is 2.37. The SMILES string of the molecule is COc1ccc(C)cc1NC(=O)N(C)CC(O)C(F)(F)F. The van der Waals surface area contributed by atoms with Gasteiger partial charge in [0.2, 0.25) is 0 Å². The van der Waals surface area contributed by atoms with Crippen LogP contribution >= 0.6 is 0 Å². The lowest BCUT2D eigenvalue weighted by Crippen LogP contribution is -2.43. The summed E-state index contributed by atoms with van der Waals surface area (Å²) in [6.07, 6.45) is -7.36. The van der Waals surface area contributed by atoms with Crippen molar-refractivity contribution in [3.63, 3.8) is 0 Å². The summed E-state index contributed by atoms with van der Waals surface area (Å²) >= 11 is 0. The summed E-state index contributed by atoms with van der Waals surface area (Å²) in [5.41, 5.74) is 1.19. The predicted molar refractivity (Wildman–Crippen MR) is 71.4 cm³/mol. The Morgan fingerprint density at radius 1 is 1.48 bits per heavy atom. The highest BCUT2D eigenvalue weighted by atomic mass is 19.4. The van der Waals surface area contributed by atoms with E-state index >= 15 is 0 Å². The Kier molecular flexibility index (Phi) is 5.42. The molecular formula is C13H17F3N2O3. The molecule has 1 rings (SSSR count). The van der Waals surface area contributed by atoms with E-state index in [2.05, 4.69) is 5.32 Å². The van der Waals surface area contributed by atoms with Crippen LogP contribution in [0.1, 0.15) is 5.56 Å². The third kappa shape index (κ3) is 4.82. The molecule has 1 unspecified atom stereocenters. The molecule has 0 saturated carbocycles. The molecule has 0 heterocycles. The van der Waals surface area contributed by atoms with E-state index in [1.807, 2.05) is 0 Å². The molecule has 0 aliphatic rings. The topological polar surface area (TPSA) is 61.8 Å². The molecular weight excluding hydrogens is 289 g/mol. The summed E-state index contributed by atoms with van der Waals surface area (Å²) in [6, 6.07) is 4.26. The third-order valence-corrected chi connectivity index (χ3v) is 2.77. The molecule has 1 atom stereocenters. The minimum atomic E-state index is -4.77. The number of urea groups is 1. The molecule has 21 heavy (non-hydrogen) atoms. The fourth-order valence-corrected chi connectivity index (χ4v) is 1.58. The summed E-state index contributed by atoms with van der Waals surface area (Å²) in [4.78, 5) is 12.6. The van der Waals surface area contributed by atoms with Gasteiger partial charge in [0.05, 0.1) is 19.3 Å². The molecule has 0 bridgehead atoms. The van der Waals surface area contributed by atoms with Gasteiger partial charge < -0.3 is 20.1 Å². The molecule has 0 aromatic heterocycles. The van der Waals surface area contributed by atoms with Crippen molar-refractivity contribution < 1.29 is 27.8 Å². The lowest BCUT2D eigenvalue weighted by molar-refractivity contribution is -0.205. The second-order valence-corrected chi connectivity index (χ2v) is 4.57. The monoisotopic (exact) mass is 306 g/mol. The van der Waals surface area contributed by atoms with E-state index < -0.39 is 24.9 Å². The first-order chi connectivity index (χ1) is 9.65. The first kappa shape index (κ1) is 17.1. The number of benzene rings is 1. The first-order valence-corrected chi connectivity index (χ1v) is 6.06. The molecule has 0 fully saturated rings. The highest BCUT2D eigenvalue weighted by Gasteiger charge is 2.39. The number of alkyl halides is 3. The number of methoxy groups -OCH3 is 1. The average molecular weight is 306 g/mol. The number of aliphatic hydroxyl groups excluding tert-OH is 1. The number of hydrogen-bond donors (Lipinski definition) is 2. The van der Waals surface area contributed by atoms with Crippen molar-refractivity contribution >= 4 is 11.7 Å². The van der Waals surface area contributed by atoms with Gasteiger partial charge in [-0.2, -0.15) is 13.2 Å². The number of aryl methyl sites for hydroxylation is 1. The molecule has 1 aromatic carbocycles. The smallest absolute Gasteiger partial charge is 0.416 e. The number of aliphatic hydroxyl groups is 1. The maximum atomic E-state index is 12.2. The van der Waals surface area contributed by atoms with Crippen LogP contribution in [-0.4, -0.2) is 49.0 Å². The molecule has 8 heteroatoms. The number of halogens is 3. The van der Waals surface area contributed by atoms with Crippen LogP contribution in [0.3, 0.4) is 0 Å². The number of hydrogen-bond acceptors (Lipinski definition) is 3. The van der Waals surface area contributed by atoms with Crippen molar-refractivity contribution in [3.8, 4) is 5.75 Å². The van der Waals surface area contributed by atoms with Gasteiger partial charge in [-0.1, -0.05) is 6.07 Å². The third-order valence-electron chi connectivity index (χ3n) is 2.77. The van der Waals surface area contributed by atoms with Crippen LogP contribution in [0.15, 0.2) is 18.2 Å². The maximum Gasteiger partial charge on any atom is 0.416 e. The van der Waals surface area contributed by atoms with E-state index in [4.69, 9.17) is 9.84 Å². The number of rotatable bonds is 4. The van der Waals surface area contributed by atoms with Crippen molar-refractivity contribution in [2.45, 2.75) is 19.2 Å². The Morgan fingerprint density at radius 3 is 2.62 bits per heavy atom. The zero-order chi connectivity index (χ0) is 16.2. The summed E-state index contributed by atoms with van der Waals surface area (Å²) in [5, 5.41) is 11.4. The summed E-state index contributed by atoms with van der Waals surface area (Å²) < 4.78 is 41.8. The Labute approximate surface area is 120 Å². The van der Waals surface area contributed by atoms with Gasteiger partial charge in [0.1, 0.15) is 5.75 Å². The van der Waals surface area contributed by atoms with Gasteiger partial charge in [-0.15, -0.1) is 0 Å². The quantitative estimate of drug-likeness (QED) is 0.898. The number of carbonyl (C=O) groups excluding carboxylic acids is 1. The molecule has 0 radical (unpaired) electrons. The fourth-order valence-electron chi connectivity index (χ4n) is 1.58. The Morgan fingerprint density at radius 2 is 2.10 bits per heavy atom. The summed E-state index contributed by atoms with van der Waals surface area (Å²) in [5.74, 6) is 0.388. The molecule has 118 valence electrons. The normalized spacial score (nSPS) is 12.7. The molecule has 0 spiro atoms. The number of nitrogens with one attached hydrogen (secondary N) is 1. The van der Waals surface area contributed by atoms with Gasteiger partial charge in [0.15, 0.2) is 6.10 Å². The van der Waals surface area contributed by atoms with E-state index in [0.717, 1.165) is 17.5 Å². The number of carbonyl (C=O) groups is 1. The van der Waals surface area contributed by atoms with Gasteiger partial charge in [0, 0.05) is 7.05 Å². The summed E-state index contributed by atoms with van der Waals surface area (Å²) in [7, 11) is 2.57. The van der Waals surface area contributed by atoms with E-state index in [1.165, 1.54) is 7.11 Å². The van der Waals surface area contributed by atoms with Crippen molar-refractivity contribution in [1.29, 1.82) is 0 Å². The van der Waals surface area contributed by atoms with Gasteiger partial charge in [-0.3, -0.25) is 0 Å². The van der Waals surface area contributed by atoms with Crippen LogP contribution in [0.4, 0.5) is 23.7 Å². The number of nitrogens with zero attached hydrogens (tertiary/aromatic N) is 1. The van der Waals surface area contributed by atoms with E-state index in [-0.39, 0.29) is 0 Å². The molecule has 5 nitrogen and oxygen atoms in total. The van der Waals surface area contributed by atoms with E-state index in [0.29, 0.717) is 11.4 Å². The highest BCUT2D eigenvalue weighted by Crippen LogP contribution is 2.26. The number of likely N-dealkylation sites (N-methyl/N-ethyl adjacent to an activating group) is 1. The van der Waals surface area contributed by atoms with Gasteiger partial charge in [0.25, 0.3) is 0 Å². The van der Waals surface area contributed by atoms with E-state index in [1.54, 1.807) is 25.1 Å². The first-order valence-electron chi connectivity index (χ1n) is 6.06. The standard InChI is InChI=1S/C13H17F3N2O3/c1-8-4-5-10(21-3)9(6-8)17-12(20)18(2)7-11(19)13(14,15)16/h4-6,11,19H,7H2,1-3H3,(H,17,20). The number of ether oxygens (including phenoxy) is 1. The lowest BCUT2D eigenvalue weighted by Gasteiger charge is -2.23. The fraction of sp³-hybridized carbons (Fsp3) is 0.462. The molecule has 2 amide bonds. The lowest BCUT2D eigenvalue weighted by atomic mass is 10.2. The summed E-state index contributed by atoms with van der Waals surface area (Å²) in [6.45, 7) is 0.940. The van der Waals surface area contributed by atoms with Crippen molar-refractivity contribution in [3.05, 3.63) is 23.8 Å². The zero-order valence-corrected chi connectivity index (χ0v) is 11.9. The minimum absolute atomic E-state index is 0.343. The largest absolute Gasteiger partial charge is 0.495 e. The Bertz CT molecular complexity index is 506. The second kappa shape index (κ2) is 6.66. The Hall–Kier alpha value is -1.96. The van der Waals surface area contributed by atoms with Crippen LogP contribution < -0.4 is 10.1 Å². The highest BCUT2D eigenvalue weighted by molar-refractivity contribution is 5.91. The van der Waals surface area contributed by atoms with Crippen LogP contribution in [0.25, 0.3) is 0 Å². The van der Waals surface area contributed by atoms with Crippen LogP contribution in [0, 0.1) is 6.92 Å². The van der Waals surface area contributed by atoms with Crippen LogP contribution in [0.2, 0.25) is 0 Å². The second-order valence-electron chi connectivity index (χ2n) is 4.57. The van der Waals surface area contributed by atoms with Crippen LogP contribution in [-0.2, 0) is 0 Å². The maximum absolute atomic E-state index is 12.2. The van der Waals surface area contributed by atoms with Gasteiger partial charge >= 0.3 is 12.2 Å². The molecule has 0 saturated heterocycles. The van der Waals surface area contributed by atoms with Crippen LogP contribution in [0.5, 0.6) is 5.75 Å².